The van der Waals surface area contributed by atoms with Crippen LogP contribution in [0.25, 0.3) is 10.8 Å². The minimum atomic E-state index is -0.107. The van der Waals surface area contributed by atoms with E-state index in [-0.39, 0.29) is 5.54 Å². The molecule has 0 aliphatic heterocycles. The number of anilines is 1. The first-order chi connectivity index (χ1) is 9.69. The summed E-state index contributed by atoms with van der Waals surface area (Å²) in [6.07, 6.45) is 3.73. The first-order valence-electron chi connectivity index (χ1n) is 7.09. The number of fused-ring (bicyclic) bond motifs is 1. The molecule has 2 aromatic rings. The van der Waals surface area contributed by atoms with E-state index < -0.39 is 0 Å². The van der Waals surface area contributed by atoms with E-state index in [1.807, 2.05) is 18.2 Å². The molecule has 4 heteroatoms. The minimum Gasteiger partial charge on any atom is -0.496 e. The van der Waals surface area contributed by atoms with Crippen molar-refractivity contribution in [3.8, 4) is 5.75 Å². The van der Waals surface area contributed by atoms with Gasteiger partial charge in [-0.15, -0.1) is 0 Å². The first-order valence-corrected chi connectivity index (χ1v) is 7.09. The highest BCUT2D eigenvalue weighted by molar-refractivity contribution is 5.96. The largest absolute Gasteiger partial charge is 0.496 e. The average Bonchev–Trinajstić information content (AvgIpc) is 2.52. The molecular weight excluding hydrogens is 250 g/mol. The molecule has 1 heterocycles. The molecule has 108 valence electrons. The van der Waals surface area contributed by atoms with Crippen LogP contribution in [0, 0.1) is 0 Å². The maximum atomic E-state index is 5.96. The van der Waals surface area contributed by atoms with Gasteiger partial charge in [0.05, 0.1) is 12.6 Å². The van der Waals surface area contributed by atoms with Gasteiger partial charge in [0, 0.05) is 23.5 Å². The Balaban J connectivity index is 2.50. The van der Waals surface area contributed by atoms with Crippen LogP contribution in [0.2, 0.25) is 0 Å². The van der Waals surface area contributed by atoms with E-state index in [4.69, 9.17) is 10.5 Å². The molecule has 1 aromatic carbocycles. The van der Waals surface area contributed by atoms with E-state index in [1.165, 1.54) is 0 Å². The molecule has 0 bridgehead atoms. The van der Waals surface area contributed by atoms with Crippen LogP contribution < -0.4 is 15.8 Å². The lowest BCUT2D eigenvalue weighted by Gasteiger charge is -2.32. The molecule has 2 rings (SSSR count). The third-order valence-electron chi connectivity index (χ3n) is 4.11. The highest BCUT2D eigenvalue weighted by Gasteiger charge is 2.25. The Labute approximate surface area is 120 Å². The van der Waals surface area contributed by atoms with Gasteiger partial charge in [0.15, 0.2) is 0 Å². The second-order valence-corrected chi connectivity index (χ2v) is 5.03. The lowest BCUT2D eigenvalue weighted by molar-refractivity contribution is 0.419. The van der Waals surface area contributed by atoms with Crippen LogP contribution >= 0.6 is 0 Å². The smallest absolute Gasteiger partial charge is 0.134 e. The van der Waals surface area contributed by atoms with Crippen LogP contribution in [0.4, 0.5) is 5.82 Å². The average molecular weight is 273 g/mol. The minimum absolute atomic E-state index is 0.107. The van der Waals surface area contributed by atoms with E-state index in [2.05, 4.69) is 30.2 Å². The van der Waals surface area contributed by atoms with Gasteiger partial charge in [-0.2, -0.15) is 0 Å². The maximum absolute atomic E-state index is 5.96. The van der Waals surface area contributed by atoms with Gasteiger partial charge < -0.3 is 15.8 Å². The Morgan fingerprint density at radius 3 is 2.55 bits per heavy atom. The monoisotopic (exact) mass is 273 g/mol. The molecule has 20 heavy (non-hydrogen) atoms. The topological polar surface area (TPSA) is 60.2 Å². The maximum Gasteiger partial charge on any atom is 0.134 e. The molecule has 3 N–H and O–H groups in total. The van der Waals surface area contributed by atoms with Crippen molar-refractivity contribution in [2.24, 2.45) is 5.73 Å². The van der Waals surface area contributed by atoms with Gasteiger partial charge in [0.2, 0.25) is 0 Å². The van der Waals surface area contributed by atoms with Crippen molar-refractivity contribution >= 4 is 16.6 Å². The van der Waals surface area contributed by atoms with Crippen molar-refractivity contribution in [3.63, 3.8) is 0 Å². The number of benzene rings is 1. The van der Waals surface area contributed by atoms with Gasteiger partial charge in [-0.25, -0.2) is 4.98 Å². The summed E-state index contributed by atoms with van der Waals surface area (Å²) in [4.78, 5) is 4.49. The van der Waals surface area contributed by atoms with Crippen LogP contribution in [0.1, 0.15) is 26.7 Å². The number of pyridine rings is 1. The second-order valence-electron chi connectivity index (χ2n) is 5.03. The Bertz CT molecular complexity index is 571. The Kier molecular flexibility index (Phi) is 4.45. The molecule has 4 nitrogen and oxygen atoms in total. The molecule has 0 aliphatic rings. The predicted molar refractivity (Wildman–Crippen MR) is 84.3 cm³/mol. The van der Waals surface area contributed by atoms with E-state index in [1.54, 1.807) is 13.3 Å². The highest BCUT2D eigenvalue weighted by Crippen LogP contribution is 2.31. The Morgan fingerprint density at radius 1 is 1.20 bits per heavy atom. The number of nitrogens with two attached hydrogens (primary N) is 1. The number of hydrogen-bond acceptors (Lipinski definition) is 4. The summed E-state index contributed by atoms with van der Waals surface area (Å²) in [5, 5.41) is 5.67. The fraction of sp³-hybridized carbons (Fsp3) is 0.438. The molecule has 0 aliphatic carbocycles. The van der Waals surface area contributed by atoms with Crippen molar-refractivity contribution in [1.29, 1.82) is 0 Å². The molecule has 0 saturated heterocycles. The number of aromatic nitrogens is 1. The van der Waals surface area contributed by atoms with Gasteiger partial charge in [-0.3, -0.25) is 0 Å². The molecular formula is C16H23N3O. The zero-order valence-corrected chi connectivity index (χ0v) is 12.4. The van der Waals surface area contributed by atoms with Crippen LogP contribution in [0.3, 0.4) is 0 Å². The molecule has 0 spiro atoms. The van der Waals surface area contributed by atoms with E-state index in [0.717, 1.165) is 35.2 Å². The summed E-state index contributed by atoms with van der Waals surface area (Å²) >= 11 is 0. The summed E-state index contributed by atoms with van der Waals surface area (Å²) in [6.45, 7) is 4.88. The third kappa shape index (κ3) is 2.56. The van der Waals surface area contributed by atoms with Crippen molar-refractivity contribution in [2.75, 3.05) is 19.0 Å². The standard InChI is InChI=1S/C16H23N3O/c1-4-16(5-2,11-17)19-15-13-7-6-8-14(20-3)12(13)9-10-18-15/h6-10H,4-5,11,17H2,1-3H3,(H,18,19). The number of nitrogens with zero attached hydrogens (tertiary/aromatic N) is 1. The lowest BCUT2D eigenvalue weighted by atomic mass is 9.92. The van der Waals surface area contributed by atoms with Gasteiger partial charge in [-0.1, -0.05) is 26.0 Å². The van der Waals surface area contributed by atoms with E-state index >= 15 is 0 Å². The molecule has 0 unspecified atom stereocenters. The van der Waals surface area contributed by atoms with Gasteiger partial charge in [0.1, 0.15) is 11.6 Å². The SMILES string of the molecule is CCC(CC)(CN)Nc1nccc2c(OC)cccc12. The second kappa shape index (κ2) is 6.09. The van der Waals surface area contributed by atoms with Crippen LogP contribution in [-0.2, 0) is 0 Å². The zero-order valence-electron chi connectivity index (χ0n) is 12.4. The quantitative estimate of drug-likeness (QED) is 0.848. The summed E-state index contributed by atoms with van der Waals surface area (Å²) in [7, 11) is 1.69. The Morgan fingerprint density at radius 2 is 1.95 bits per heavy atom. The highest BCUT2D eigenvalue weighted by atomic mass is 16.5. The fourth-order valence-corrected chi connectivity index (χ4v) is 2.47. The van der Waals surface area contributed by atoms with Gasteiger partial charge >= 0.3 is 0 Å². The summed E-state index contributed by atoms with van der Waals surface area (Å²) in [6, 6.07) is 7.97. The molecule has 0 radical (unpaired) electrons. The number of methoxy groups -OCH3 is 1. The normalized spacial score (nSPS) is 11.6. The van der Waals surface area contributed by atoms with Crippen molar-refractivity contribution in [3.05, 3.63) is 30.5 Å². The molecule has 1 aromatic heterocycles. The number of ether oxygens (including phenoxy) is 1. The van der Waals surface area contributed by atoms with Crippen molar-refractivity contribution in [2.45, 2.75) is 32.2 Å². The third-order valence-corrected chi connectivity index (χ3v) is 4.11. The molecule has 0 atom stereocenters. The van der Waals surface area contributed by atoms with Crippen molar-refractivity contribution in [1.82, 2.24) is 4.98 Å². The number of nitrogens with one attached hydrogen (secondary N) is 1. The van der Waals surface area contributed by atoms with E-state index in [0.29, 0.717) is 6.54 Å². The predicted octanol–water partition coefficient (Wildman–Crippen LogP) is 3.17. The first kappa shape index (κ1) is 14.6. The van der Waals surface area contributed by atoms with E-state index in [9.17, 15) is 0 Å². The van der Waals surface area contributed by atoms with Crippen LogP contribution in [0.15, 0.2) is 30.5 Å². The van der Waals surface area contributed by atoms with Gasteiger partial charge in [0.25, 0.3) is 0 Å². The lowest BCUT2D eigenvalue weighted by Crippen LogP contribution is -2.44. The van der Waals surface area contributed by atoms with Gasteiger partial charge in [-0.05, 0) is 25.0 Å². The molecule has 0 saturated carbocycles. The molecule has 0 fully saturated rings. The van der Waals surface area contributed by atoms with Crippen LogP contribution in [-0.4, -0.2) is 24.2 Å². The van der Waals surface area contributed by atoms with Crippen LogP contribution in [0.5, 0.6) is 5.75 Å². The Hall–Kier alpha value is -1.81. The summed E-state index contributed by atoms with van der Waals surface area (Å²) < 4.78 is 5.41. The summed E-state index contributed by atoms with van der Waals surface area (Å²) in [5.41, 5.74) is 5.86. The zero-order chi connectivity index (χ0) is 14.6. The molecule has 0 amide bonds. The number of rotatable bonds is 6. The fourth-order valence-electron chi connectivity index (χ4n) is 2.47. The van der Waals surface area contributed by atoms with Crippen molar-refractivity contribution < 1.29 is 4.74 Å². The number of hydrogen-bond donors (Lipinski definition) is 2. The summed E-state index contributed by atoms with van der Waals surface area (Å²) in [5.74, 6) is 1.73.